The van der Waals surface area contributed by atoms with Gasteiger partial charge in [0.25, 0.3) is 5.91 Å². The Hall–Kier alpha value is -3.69. The molecule has 9 heteroatoms. The molecule has 0 spiro atoms. The third kappa shape index (κ3) is 4.80. The lowest BCUT2D eigenvalue weighted by Gasteiger charge is -2.23. The van der Waals surface area contributed by atoms with Crippen LogP contribution in [0, 0.1) is 0 Å². The second-order valence-electron chi connectivity index (χ2n) is 7.20. The minimum atomic E-state index is -1.22. The van der Waals surface area contributed by atoms with E-state index in [2.05, 4.69) is 0 Å². The highest BCUT2D eigenvalue weighted by atomic mass is 32.2. The number of carboxylic acids is 1. The number of furan rings is 1. The summed E-state index contributed by atoms with van der Waals surface area (Å²) < 4.78 is 11.0. The maximum atomic E-state index is 13.1. The van der Waals surface area contributed by atoms with Crippen molar-refractivity contribution in [2.75, 3.05) is 6.61 Å². The van der Waals surface area contributed by atoms with E-state index in [0.717, 1.165) is 22.2 Å². The highest BCUT2D eigenvalue weighted by Gasteiger charge is 2.41. The van der Waals surface area contributed by atoms with E-state index >= 15 is 0 Å². The van der Waals surface area contributed by atoms with Gasteiger partial charge in [0.2, 0.25) is 0 Å². The highest BCUT2D eigenvalue weighted by molar-refractivity contribution is 8.26. The van der Waals surface area contributed by atoms with Crippen LogP contribution in [0.5, 0.6) is 0 Å². The van der Waals surface area contributed by atoms with Gasteiger partial charge in [-0.15, -0.1) is 0 Å². The van der Waals surface area contributed by atoms with Crippen LogP contribution in [0.1, 0.15) is 34.6 Å². The van der Waals surface area contributed by atoms with Gasteiger partial charge in [-0.2, -0.15) is 0 Å². The predicted octanol–water partition coefficient (Wildman–Crippen LogP) is 5.15. The van der Waals surface area contributed by atoms with Gasteiger partial charge in [0.15, 0.2) is 6.04 Å². The number of rotatable bonds is 7. The number of esters is 1. The van der Waals surface area contributed by atoms with Crippen LogP contribution in [0.15, 0.2) is 76.1 Å². The Labute approximate surface area is 205 Å². The minimum Gasteiger partial charge on any atom is -0.479 e. The zero-order chi connectivity index (χ0) is 24.2. The average molecular weight is 494 g/mol. The maximum Gasteiger partial charge on any atom is 0.338 e. The number of benzene rings is 2. The van der Waals surface area contributed by atoms with Crippen LogP contribution < -0.4 is 0 Å². The quantitative estimate of drug-likeness (QED) is 0.274. The molecule has 0 aliphatic carbocycles. The first-order valence-corrected chi connectivity index (χ1v) is 11.5. The van der Waals surface area contributed by atoms with Crippen molar-refractivity contribution in [3.8, 4) is 11.3 Å². The number of hydrogen-bond donors (Lipinski definition) is 1. The predicted molar refractivity (Wildman–Crippen MR) is 132 cm³/mol. The summed E-state index contributed by atoms with van der Waals surface area (Å²) in [6, 6.07) is 17.5. The van der Waals surface area contributed by atoms with Gasteiger partial charge >= 0.3 is 11.9 Å². The number of carbonyl (C=O) groups excluding carboxylic acids is 2. The Balaban J connectivity index is 1.55. The molecule has 1 unspecified atom stereocenters. The van der Waals surface area contributed by atoms with Gasteiger partial charge in [-0.25, -0.2) is 9.59 Å². The Morgan fingerprint density at radius 2 is 1.82 bits per heavy atom. The summed E-state index contributed by atoms with van der Waals surface area (Å²) in [5, 5.41) is 9.78. The van der Waals surface area contributed by atoms with Crippen LogP contribution in [0.2, 0.25) is 0 Å². The third-order valence-corrected chi connectivity index (χ3v) is 6.34. The molecule has 1 saturated heterocycles. The molecule has 1 aliphatic rings. The number of carbonyl (C=O) groups is 3. The smallest absolute Gasteiger partial charge is 0.338 e. The molecular formula is C25H19NO6S2. The zero-order valence-electron chi connectivity index (χ0n) is 18.0. The third-order valence-electron chi connectivity index (χ3n) is 5.01. The molecule has 2 aromatic carbocycles. The van der Waals surface area contributed by atoms with Gasteiger partial charge in [-0.3, -0.25) is 9.69 Å². The number of thiocarbonyl (C=S) groups is 1. The molecule has 1 fully saturated rings. The van der Waals surface area contributed by atoms with Crippen molar-refractivity contribution in [2.45, 2.75) is 13.0 Å². The fraction of sp³-hybridized carbons (Fsp3) is 0.120. The summed E-state index contributed by atoms with van der Waals surface area (Å²) in [6.45, 7) is 2.04. The maximum absolute atomic E-state index is 13.1. The number of hydrogen-bond acceptors (Lipinski definition) is 7. The van der Waals surface area contributed by atoms with Crippen molar-refractivity contribution in [3.05, 3.63) is 88.5 Å². The van der Waals surface area contributed by atoms with Crippen LogP contribution in [0.25, 0.3) is 17.4 Å². The number of thioether (sulfide) groups is 1. The fourth-order valence-corrected chi connectivity index (χ4v) is 4.73. The molecule has 0 bridgehead atoms. The first kappa shape index (κ1) is 23.5. The monoisotopic (exact) mass is 493 g/mol. The van der Waals surface area contributed by atoms with E-state index < -0.39 is 23.9 Å². The lowest BCUT2D eigenvalue weighted by Crippen LogP contribution is -2.37. The summed E-state index contributed by atoms with van der Waals surface area (Å²) in [4.78, 5) is 38.2. The molecule has 2 heterocycles. The topological polar surface area (TPSA) is 97.0 Å². The molecule has 1 atom stereocenters. The second kappa shape index (κ2) is 10.1. The second-order valence-corrected chi connectivity index (χ2v) is 8.88. The number of nitrogens with zero attached hydrogens (tertiary/aromatic N) is 1. The summed E-state index contributed by atoms with van der Waals surface area (Å²) in [7, 11) is 0. The number of amides is 1. The molecule has 1 N–H and O–H groups in total. The Bertz CT molecular complexity index is 1280. The van der Waals surface area contributed by atoms with Gasteiger partial charge in [-0.1, -0.05) is 66.4 Å². The van der Waals surface area contributed by atoms with E-state index in [1.807, 2.05) is 0 Å². The van der Waals surface area contributed by atoms with E-state index in [1.165, 1.54) is 0 Å². The van der Waals surface area contributed by atoms with E-state index in [4.69, 9.17) is 21.4 Å². The van der Waals surface area contributed by atoms with Crippen molar-refractivity contribution in [1.29, 1.82) is 0 Å². The van der Waals surface area contributed by atoms with Gasteiger partial charge in [0.1, 0.15) is 15.8 Å². The molecule has 172 valence electrons. The fourth-order valence-electron chi connectivity index (χ4n) is 3.44. The summed E-state index contributed by atoms with van der Waals surface area (Å²) >= 11 is 6.36. The molecule has 1 aromatic heterocycles. The van der Waals surface area contributed by atoms with Gasteiger partial charge in [-0.05, 0) is 36.8 Å². The summed E-state index contributed by atoms with van der Waals surface area (Å²) in [6.07, 6.45) is 1.54. The number of ether oxygens (including phenoxy) is 1. The Morgan fingerprint density at radius 1 is 1.12 bits per heavy atom. The zero-order valence-corrected chi connectivity index (χ0v) is 19.6. The van der Waals surface area contributed by atoms with Crippen molar-refractivity contribution in [3.63, 3.8) is 0 Å². The van der Waals surface area contributed by atoms with Crippen molar-refractivity contribution < 1.29 is 28.6 Å². The van der Waals surface area contributed by atoms with Gasteiger partial charge in [0.05, 0.1) is 17.1 Å². The SMILES string of the molecule is CCOC(=O)c1ccc(-c2ccc(C=C3SC(=S)N(C(C(=O)O)c4ccccc4)C3=O)o2)cc1. The lowest BCUT2D eigenvalue weighted by molar-refractivity contribution is -0.145. The molecular weight excluding hydrogens is 474 g/mol. The molecule has 3 aromatic rings. The van der Waals surface area contributed by atoms with Crippen LogP contribution in [-0.2, 0) is 14.3 Å². The molecule has 34 heavy (non-hydrogen) atoms. The molecule has 0 saturated carbocycles. The Morgan fingerprint density at radius 3 is 2.47 bits per heavy atom. The standard InChI is InChI=1S/C25H19NO6S2/c1-2-31-24(30)17-10-8-15(9-11-17)19-13-12-18(32-19)14-20-22(27)26(25(33)34-20)21(23(28)29)16-6-4-3-5-7-16/h3-14,21H,2H2,1H3,(H,28,29). The minimum absolute atomic E-state index is 0.161. The van der Waals surface area contributed by atoms with Crippen LogP contribution in [0.4, 0.5) is 0 Å². The van der Waals surface area contributed by atoms with Crippen LogP contribution in [0.3, 0.4) is 0 Å². The molecule has 1 aliphatic heterocycles. The van der Waals surface area contributed by atoms with E-state index in [0.29, 0.717) is 29.3 Å². The van der Waals surface area contributed by atoms with Gasteiger partial charge < -0.3 is 14.3 Å². The van der Waals surface area contributed by atoms with E-state index in [-0.39, 0.29) is 9.23 Å². The summed E-state index contributed by atoms with van der Waals surface area (Å²) in [5.41, 5.74) is 1.64. The largest absolute Gasteiger partial charge is 0.479 e. The van der Waals surface area contributed by atoms with Crippen LogP contribution in [-0.4, -0.2) is 38.8 Å². The van der Waals surface area contributed by atoms with E-state index in [1.54, 1.807) is 79.7 Å². The van der Waals surface area contributed by atoms with Crippen LogP contribution >= 0.6 is 24.0 Å². The Kier molecular flexibility index (Phi) is 6.95. The highest BCUT2D eigenvalue weighted by Crippen LogP contribution is 2.38. The number of carboxylic acid groups (broad SMARTS) is 1. The lowest BCUT2D eigenvalue weighted by atomic mass is 10.1. The van der Waals surface area contributed by atoms with Crippen molar-refractivity contribution >= 4 is 52.2 Å². The molecule has 4 rings (SSSR count). The van der Waals surface area contributed by atoms with E-state index in [9.17, 15) is 19.5 Å². The molecule has 1 amide bonds. The van der Waals surface area contributed by atoms with Crippen molar-refractivity contribution in [1.82, 2.24) is 4.90 Å². The number of aliphatic carboxylic acids is 1. The van der Waals surface area contributed by atoms with Crippen molar-refractivity contribution in [2.24, 2.45) is 0 Å². The average Bonchev–Trinajstić information content (AvgIpc) is 3.40. The first-order chi connectivity index (χ1) is 16.4. The first-order valence-electron chi connectivity index (χ1n) is 10.3. The normalized spacial score (nSPS) is 15.6. The molecule has 7 nitrogen and oxygen atoms in total. The molecule has 0 radical (unpaired) electrons. The van der Waals surface area contributed by atoms with Gasteiger partial charge in [0, 0.05) is 11.6 Å². The summed E-state index contributed by atoms with van der Waals surface area (Å²) in [5.74, 6) is -1.11.